The third kappa shape index (κ3) is 2.34. The summed E-state index contributed by atoms with van der Waals surface area (Å²) in [5, 5.41) is 2.49. The zero-order chi connectivity index (χ0) is 9.97. The van der Waals surface area contributed by atoms with E-state index < -0.39 is 0 Å². The molecule has 1 heterocycles. The van der Waals surface area contributed by atoms with Gasteiger partial charge in [0.25, 0.3) is 0 Å². The highest BCUT2D eigenvalue weighted by atomic mass is 79.9. The second-order valence-electron chi connectivity index (χ2n) is 3.89. The summed E-state index contributed by atoms with van der Waals surface area (Å²) in [6.07, 6.45) is 6.42. The van der Waals surface area contributed by atoms with Gasteiger partial charge in [-0.2, -0.15) is 0 Å². The predicted molar refractivity (Wildman–Crippen MR) is 67.5 cm³/mol. The van der Waals surface area contributed by atoms with Crippen molar-refractivity contribution in [2.24, 2.45) is 0 Å². The lowest BCUT2D eigenvalue weighted by Gasteiger charge is -2.18. The Hall–Kier alpha value is 0.470. The Morgan fingerprint density at radius 2 is 2.07 bits per heavy atom. The fourth-order valence-corrected chi connectivity index (χ4v) is 4.48. The first kappa shape index (κ1) is 11.0. The first-order valence-corrected chi connectivity index (χ1v) is 7.27. The lowest BCUT2D eigenvalue weighted by molar-refractivity contribution is 0.607. The van der Waals surface area contributed by atoms with Crippen LogP contribution in [0.3, 0.4) is 0 Å². The molecule has 0 radical (unpaired) electrons. The van der Waals surface area contributed by atoms with Gasteiger partial charge in [-0.05, 0) is 40.2 Å². The molecular weight excluding hydrogens is 280 g/mol. The van der Waals surface area contributed by atoms with Crippen LogP contribution in [0.1, 0.15) is 42.9 Å². The molecule has 2 unspecified atom stereocenters. The maximum Gasteiger partial charge on any atom is 0.0412 e. The van der Waals surface area contributed by atoms with Crippen LogP contribution in [0.5, 0.6) is 0 Å². The van der Waals surface area contributed by atoms with Crippen LogP contribution >= 0.6 is 38.9 Å². The summed E-state index contributed by atoms with van der Waals surface area (Å²) in [5.41, 5.74) is 0. The number of hydrogen-bond donors (Lipinski definition) is 0. The molecule has 0 amide bonds. The van der Waals surface area contributed by atoms with Gasteiger partial charge in [0.1, 0.15) is 0 Å². The summed E-state index contributed by atoms with van der Waals surface area (Å²) >= 11 is 11.9. The number of alkyl halides is 1. The highest BCUT2D eigenvalue weighted by Gasteiger charge is 2.25. The van der Waals surface area contributed by atoms with E-state index in [0.717, 1.165) is 0 Å². The fourth-order valence-electron chi connectivity index (χ4n) is 2.13. The molecule has 1 aromatic heterocycles. The van der Waals surface area contributed by atoms with Crippen molar-refractivity contribution in [2.75, 3.05) is 0 Å². The first-order chi connectivity index (χ1) is 6.79. The molecule has 0 N–H and O–H groups in total. The van der Waals surface area contributed by atoms with Crippen molar-refractivity contribution in [2.45, 2.75) is 43.4 Å². The molecule has 0 aliphatic heterocycles. The summed E-state index contributed by atoms with van der Waals surface area (Å²) in [4.78, 5) is 1.45. The van der Waals surface area contributed by atoms with E-state index in [4.69, 9.17) is 11.6 Å². The van der Waals surface area contributed by atoms with Gasteiger partial charge >= 0.3 is 0 Å². The normalized spacial score (nSPS) is 28.7. The predicted octanol–water partition coefficient (Wildman–Crippen LogP) is 5.17. The molecule has 1 aromatic rings. The molecule has 1 saturated carbocycles. The zero-order valence-corrected chi connectivity index (χ0v) is 11.2. The summed E-state index contributed by atoms with van der Waals surface area (Å²) in [6, 6.07) is 2.13. The van der Waals surface area contributed by atoms with Gasteiger partial charge in [0.2, 0.25) is 0 Å². The molecule has 0 nitrogen and oxygen atoms in total. The van der Waals surface area contributed by atoms with E-state index in [1.807, 2.05) is 11.3 Å². The molecule has 0 spiro atoms. The number of thiophene rings is 1. The van der Waals surface area contributed by atoms with Crippen molar-refractivity contribution in [3.63, 3.8) is 0 Å². The van der Waals surface area contributed by atoms with Crippen molar-refractivity contribution in [1.82, 2.24) is 0 Å². The summed E-state index contributed by atoms with van der Waals surface area (Å²) in [6.45, 7) is 0. The molecule has 3 heteroatoms. The average Bonchev–Trinajstić information content (AvgIpc) is 2.46. The topological polar surface area (TPSA) is 0 Å². The molecule has 78 valence electrons. The van der Waals surface area contributed by atoms with Gasteiger partial charge in [-0.25, -0.2) is 0 Å². The first-order valence-electron chi connectivity index (χ1n) is 5.16. The van der Waals surface area contributed by atoms with E-state index in [1.165, 1.54) is 41.5 Å². The van der Waals surface area contributed by atoms with E-state index in [1.54, 1.807) is 0 Å². The van der Waals surface area contributed by atoms with Gasteiger partial charge in [-0.3, -0.25) is 0 Å². The quantitative estimate of drug-likeness (QED) is 0.495. The third-order valence-electron chi connectivity index (χ3n) is 2.91. The van der Waals surface area contributed by atoms with Crippen LogP contribution in [0.15, 0.2) is 15.9 Å². The molecule has 0 bridgehead atoms. The highest BCUT2D eigenvalue weighted by Crippen LogP contribution is 2.40. The SMILES string of the molecule is ClC1CCCCCC1c1sccc1Br. The monoisotopic (exact) mass is 292 g/mol. The van der Waals surface area contributed by atoms with Crippen molar-refractivity contribution in [1.29, 1.82) is 0 Å². The van der Waals surface area contributed by atoms with Gasteiger partial charge in [-0.15, -0.1) is 22.9 Å². The molecule has 1 aliphatic rings. The van der Waals surface area contributed by atoms with Crippen LogP contribution in [-0.2, 0) is 0 Å². The van der Waals surface area contributed by atoms with Crippen molar-refractivity contribution >= 4 is 38.9 Å². The standard InChI is InChI=1S/C11H14BrClS/c12-9-6-7-14-11(9)8-4-2-1-3-5-10(8)13/h6-8,10H,1-5H2. The second-order valence-corrected chi connectivity index (χ2v) is 6.26. The maximum absolute atomic E-state index is 6.44. The zero-order valence-electron chi connectivity index (χ0n) is 8.01. The van der Waals surface area contributed by atoms with Gasteiger partial charge in [0, 0.05) is 20.6 Å². The molecule has 1 aliphatic carbocycles. The number of hydrogen-bond acceptors (Lipinski definition) is 1. The lowest BCUT2D eigenvalue weighted by atomic mass is 9.98. The number of halogens is 2. The van der Waals surface area contributed by atoms with E-state index in [2.05, 4.69) is 27.4 Å². The van der Waals surface area contributed by atoms with Gasteiger partial charge in [0.15, 0.2) is 0 Å². The molecular formula is C11H14BrClS. The minimum atomic E-state index is 0.340. The van der Waals surface area contributed by atoms with Crippen molar-refractivity contribution < 1.29 is 0 Å². The maximum atomic E-state index is 6.44. The molecule has 0 aromatic carbocycles. The van der Waals surface area contributed by atoms with Gasteiger partial charge in [0.05, 0.1) is 0 Å². The van der Waals surface area contributed by atoms with E-state index in [0.29, 0.717) is 11.3 Å². The summed E-state index contributed by atoms with van der Waals surface area (Å²) in [5.74, 6) is 0.577. The van der Waals surface area contributed by atoms with Crippen LogP contribution in [-0.4, -0.2) is 5.38 Å². The molecule has 1 fully saturated rings. The largest absolute Gasteiger partial charge is 0.147 e. The molecule has 0 saturated heterocycles. The Balaban J connectivity index is 2.19. The average molecular weight is 294 g/mol. The van der Waals surface area contributed by atoms with Crippen molar-refractivity contribution in [3.8, 4) is 0 Å². The van der Waals surface area contributed by atoms with Gasteiger partial charge < -0.3 is 0 Å². The van der Waals surface area contributed by atoms with Gasteiger partial charge in [-0.1, -0.05) is 19.3 Å². The Labute approximate surface area is 103 Å². The third-order valence-corrected chi connectivity index (χ3v) is 5.44. The Morgan fingerprint density at radius 3 is 2.79 bits per heavy atom. The Kier molecular flexibility index (Phi) is 3.92. The molecule has 2 rings (SSSR count). The smallest absolute Gasteiger partial charge is 0.0412 e. The fraction of sp³-hybridized carbons (Fsp3) is 0.636. The Bertz CT molecular complexity index is 297. The summed E-state index contributed by atoms with van der Waals surface area (Å²) in [7, 11) is 0. The molecule has 14 heavy (non-hydrogen) atoms. The van der Waals surface area contributed by atoms with Crippen LogP contribution in [0.4, 0.5) is 0 Å². The summed E-state index contributed by atoms with van der Waals surface area (Å²) < 4.78 is 1.25. The molecule has 2 atom stereocenters. The van der Waals surface area contributed by atoms with Crippen molar-refractivity contribution in [3.05, 3.63) is 20.8 Å². The van der Waals surface area contributed by atoms with Crippen LogP contribution in [0.2, 0.25) is 0 Å². The van der Waals surface area contributed by atoms with Crippen LogP contribution in [0, 0.1) is 0 Å². The highest BCUT2D eigenvalue weighted by molar-refractivity contribution is 9.10. The Morgan fingerprint density at radius 1 is 1.29 bits per heavy atom. The minimum absolute atomic E-state index is 0.340. The second kappa shape index (κ2) is 5.00. The van der Waals surface area contributed by atoms with E-state index in [9.17, 15) is 0 Å². The minimum Gasteiger partial charge on any atom is -0.147 e. The lowest BCUT2D eigenvalue weighted by Crippen LogP contribution is -2.10. The number of rotatable bonds is 1. The van der Waals surface area contributed by atoms with E-state index >= 15 is 0 Å². The van der Waals surface area contributed by atoms with Crippen LogP contribution < -0.4 is 0 Å². The van der Waals surface area contributed by atoms with Crippen LogP contribution in [0.25, 0.3) is 0 Å². The van der Waals surface area contributed by atoms with E-state index in [-0.39, 0.29) is 0 Å².